The molecule has 102 valence electrons. The van der Waals surface area contributed by atoms with E-state index in [-0.39, 0.29) is 0 Å². The number of quaternary nitrogens is 2. The standard InChI is InChI=1S/C14H28N4/c1-16-14-18(4,5)12-9-7-6-8-11-17(2,3)13-10-15/h6-9,11-14H2,2-5H3/q+2. The molecule has 0 aromatic carbocycles. The largest absolute Gasteiger partial charge is 0.339 e. The van der Waals surface area contributed by atoms with Crippen LogP contribution in [0.2, 0.25) is 0 Å². The minimum Gasteiger partial charge on any atom is -0.317 e. The third kappa shape index (κ3) is 8.98. The smallest absolute Gasteiger partial charge is 0.317 e. The van der Waals surface area contributed by atoms with E-state index < -0.39 is 0 Å². The first-order chi connectivity index (χ1) is 8.33. The van der Waals surface area contributed by atoms with Crippen molar-refractivity contribution in [1.82, 2.24) is 0 Å². The van der Waals surface area contributed by atoms with Gasteiger partial charge in [0.1, 0.15) is 6.07 Å². The van der Waals surface area contributed by atoms with Gasteiger partial charge in [-0.05, 0) is 25.7 Å². The van der Waals surface area contributed by atoms with Crippen molar-refractivity contribution >= 4 is 0 Å². The first-order valence-electron chi connectivity index (χ1n) is 6.67. The van der Waals surface area contributed by atoms with Crippen molar-refractivity contribution in [1.29, 1.82) is 5.26 Å². The summed E-state index contributed by atoms with van der Waals surface area (Å²) in [6.45, 7) is 10.2. The molecule has 0 rings (SSSR count). The maximum Gasteiger partial charge on any atom is 0.339 e. The minimum absolute atomic E-state index is 0.575. The van der Waals surface area contributed by atoms with Gasteiger partial charge in [0, 0.05) is 0 Å². The Morgan fingerprint density at radius 2 is 1.44 bits per heavy atom. The highest BCUT2D eigenvalue weighted by molar-refractivity contribution is 4.66. The highest BCUT2D eigenvalue weighted by Gasteiger charge is 2.17. The minimum atomic E-state index is 0.575. The molecule has 0 aliphatic rings. The molecule has 0 unspecified atom stereocenters. The van der Waals surface area contributed by atoms with Gasteiger partial charge in [0.2, 0.25) is 0 Å². The predicted octanol–water partition coefficient (Wildman–Crippen LogP) is 2.10. The Balaban J connectivity index is 3.59. The Labute approximate surface area is 112 Å². The Morgan fingerprint density at radius 3 is 1.89 bits per heavy atom. The number of unbranched alkanes of at least 4 members (excludes halogenated alkanes) is 3. The quantitative estimate of drug-likeness (QED) is 0.267. The molecule has 4 nitrogen and oxygen atoms in total. The molecule has 0 atom stereocenters. The summed E-state index contributed by atoms with van der Waals surface area (Å²) in [6.07, 6.45) is 4.83. The maximum absolute atomic E-state index is 8.69. The van der Waals surface area contributed by atoms with Crippen molar-refractivity contribution in [3.8, 4) is 6.07 Å². The molecule has 0 aliphatic heterocycles. The van der Waals surface area contributed by atoms with Gasteiger partial charge in [0.25, 0.3) is 0 Å². The zero-order valence-electron chi connectivity index (χ0n) is 12.4. The van der Waals surface area contributed by atoms with Crippen LogP contribution in [0, 0.1) is 17.9 Å². The van der Waals surface area contributed by atoms with Gasteiger partial charge in [-0.2, -0.15) is 5.26 Å². The van der Waals surface area contributed by atoms with Crippen molar-refractivity contribution in [2.24, 2.45) is 0 Å². The highest BCUT2D eigenvalue weighted by Crippen LogP contribution is 2.08. The molecule has 0 bridgehead atoms. The Bertz CT molecular complexity index is 275. The van der Waals surface area contributed by atoms with Crippen molar-refractivity contribution in [2.75, 3.05) is 54.5 Å². The van der Waals surface area contributed by atoms with E-state index in [9.17, 15) is 0 Å². The van der Waals surface area contributed by atoms with E-state index in [0.717, 1.165) is 22.1 Å². The highest BCUT2D eigenvalue weighted by atomic mass is 15.3. The third-order valence-corrected chi connectivity index (χ3v) is 3.23. The van der Waals surface area contributed by atoms with Crippen LogP contribution in [0.4, 0.5) is 0 Å². The van der Waals surface area contributed by atoms with E-state index in [2.05, 4.69) is 39.1 Å². The average molecular weight is 252 g/mol. The zero-order chi connectivity index (χ0) is 14.1. The lowest BCUT2D eigenvalue weighted by atomic mass is 10.1. The van der Waals surface area contributed by atoms with E-state index in [1.54, 1.807) is 0 Å². The van der Waals surface area contributed by atoms with Gasteiger partial charge in [0.05, 0.1) is 41.3 Å². The van der Waals surface area contributed by atoms with Gasteiger partial charge in [-0.25, -0.2) is 6.57 Å². The van der Waals surface area contributed by atoms with Crippen LogP contribution in [0.15, 0.2) is 0 Å². The van der Waals surface area contributed by atoms with E-state index in [0.29, 0.717) is 13.2 Å². The molecule has 18 heavy (non-hydrogen) atoms. The Morgan fingerprint density at radius 1 is 0.944 bits per heavy atom. The molecule has 0 saturated carbocycles. The summed E-state index contributed by atoms with van der Waals surface area (Å²) < 4.78 is 1.61. The van der Waals surface area contributed by atoms with Crippen LogP contribution in [-0.4, -0.2) is 63.5 Å². The molecule has 4 heteroatoms. The van der Waals surface area contributed by atoms with Crippen LogP contribution in [0.25, 0.3) is 4.85 Å². The summed E-state index contributed by atoms with van der Waals surface area (Å²) in [5.74, 6) is 0. The van der Waals surface area contributed by atoms with Crippen molar-refractivity contribution in [2.45, 2.75) is 25.7 Å². The molecular formula is C14H28N4+2. The zero-order valence-corrected chi connectivity index (χ0v) is 12.4. The molecular weight excluding hydrogens is 224 g/mol. The summed E-state index contributed by atoms with van der Waals surface area (Å²) >= 11 is 0. The molecule has 0 saturated heterocycles. The molecule has 0 aromatic heterocycles. The summed E-state index contributed by atoms with van der Waals surface area (Å²) in [6, 6.07) is 2.24. The SMILES string of the molecule is [C-]#[N+]C[N+](C)(C)CCCCCC[N+](C)(C)CC#N. The van der Waals surface area contributed by atoms with Crippen molar-refractivity contribution in [3.63, 3.8) is 0 Å². The Hall–Kier alpha value is -1.10. The van der Waals surface area contributed by atoms with Gasteiger partial charge in [-0.1, -0.05) is 0 Å². The van der Waals surface area contributed by atoms with E-state index in [1.807, 2.05) is 0 Å². The molecule has 0 aromatic rings. The molecule has 0 spiro atoms. The topological polar surface area (TPSA) is 28.1 Å². The molecule has 0 fully saturated rings. The van der Waals surface area contributed by atoms with E-state index >= 15 is 0 Å². The fraction of sp³-hybridized carbons (Fsp3) is 0.857. The number of rotatable bonds is 9. The lowest BCUT2D eigenvalue weighted by Gasteiger charge is -2.26. The van der Waals surface area contributed by atoms with Gasteiger partial charge in [-0.3, -0.25) is 9.33 Å². The van der Waals surface area contributed by atoms with E-state index in [4.69, 9.17) is 11.8 Å². The number of hydrogen-bond acceptors (Lipinski definition) is 1. The molecule has 0 heterocycles. The second kappa shape index (κ2) is 8.08. The van der Waals surface area contributed by atoms with Crippen LogP contribution in [0.3, 0.4) is 0 Å². The fourth-order valence-electron chi connectivity index (χ4n) is 1.97. The molecule has 0 N–H and O–H groups in total. The Kier molecular flexibility index (Phi) is 7.59. The summed E-state index contributed by atoms with van der Waals surface area (Å²) in [7, 11) is 8.45. The van der Waals surface area contributed by atoms with E-state index in [1.165, 1.54) is 25.7 Å². The van der Waals surface area contributed by atoms with Crippen LogP contribution < -0.4 is 0 Å². The lowest BCUT2D eigenvalue weighted by Crippen LogP contribution is -2.40. The maximum atomic E-state index is 8.69. The lowest BCUT2D eigenvalue weighted by molar-refractivity contribution is -0.885. The van der Waals surface area contributed by atoms with Gasteiger partial charge < -0.3 is 4.48 Å². The number of nitrogens with zero attached hydrogens (tertiary/aromatic N) is 4. The van der Waals surface area contributed by atoms with Gasteiger partial charge in [-0.15, -0.1) is 0 Å². The van der Waals surface area contributed by atoms with Crippen LogP contribution in [0.1, 0.15) is 25.7 Å². The molecule has 0 radical (unpaired) electrons. The van der Waals surface area contributed by atoms with Crippen LogP contribution >= 0.6 is 0 Å². The van der Waals surface area contributed by atoms with Crippen molar-refractivity contribution < 1.29 is 8.97 Å². The van der Waals surface area contributed by atoms with Crippen molar-refractivity contribution in [3.05, 3.63) is 11.4 Å². The monoisotopic (exact) mass is 252 g/mol. The van der Waals surface area contributed by atoms with Gasteiger partial charge in [0.15, 0.2) is 6.54 Å². The normalized spacial score (nSPS) is 11.9. The first kappa shape index (κ1) is 16.9. The van der Waals surface area contributed by atoms with Crippen LogP contribution in [0.5, 0.6) is 0 Å². The average Bonchev–Trinajstić information content (AvgIpc) is 2.22. The second-order valence-corrected chi connectivity index (χ2v) is 6.35. The number of hydrogen-bond donors (Lipinski definition) is 0. The van der Waals surface area contributed by atoms with Gasteiger partial charge >= 0.3 is 6.67 Å². The summed E-state index contributed by atoms with van der Waals surface area (Å²) in [4.78, 5) is 3.46. The summed E-state index contributed by atoms with van der Waals surface area (Å²) in [5, 5.41) is 8.69. The predicted molar refractivity (Wildman–Crippen MR) is 74.4 cm³/mol. The fourth-order valence-corrected chi connectivity index (χ4v) is 1.97. The second-order valence-electron chi connectivity index (χ2n) is 6.35. The third-order valence-electron chi connectivity index (χ3n) is 3.23. The first-order valence-corrected chi connectivity index (χ1v) is 6.67. The number of nitriles is 1. The molecule has 0 aliphatic carbocycles. The molecule has 0 amide bonds. The van der Waals surface area contributed by atoms with Crippen LogP contribution in [-0.2, 0) is 0 Å². The summed E-state index contributed by atoms with van der Waals surface area (Å²) in [5.41, 5.74) is 0.